The summed E-state index contributed by atoms with van der Waals surface area (Å²) >= 11 is -3.86. The molecular weight excluding hydrogens is 653 g/mol. The average molecular weight is 684 g/mol. The first-order valence-electron chi connectivity index (χ1n) is 13.3. The van der Waals surface area contributed by atoms with E-state index in [0.717, 1.165) is 0 Å². The van der Waals surface area contributed by atoms with Gasteiger partial charge < -0.3 is 0 Å². The van der Waals surface area contributed by atoms with Crippen LogP contribution in [0.5, 0.6) is 0 Å². The topological polar surface area (TPSA) is 0 Å². The van der Waals surface area contributed by atoms with Gasteiger partial charge in [-0.05, 0) is 0 Å². The second-order valence-corrected chi connectivity index (χ2v) is 23.7. The van der Waals surface area contributed by atoms with Crippen LogP contribution in [-0.4, -0.2) is 20.3 Å². The fraction of sp³-hybridized carbons (Fsp3) is 0.0811. The first kappa shape index (κ1) is 23.6. The van der Waals surface area contributed by atoms with Crippen LogP contribution in [0.1, 0.15) is 16.7 Å². The van der Waals surface area contributed by atoms with E-state index in [1.165, 1.54) is 62.1 Å². The second-order valence-electron chi connectivity index (χ2n) is 10.6. The van der Waals surface area contributed by atoms with E-state index in [4.69, 9.17) is 0 Å². The summed E-state index contributed by atoms with van der Waals surface area (Å²) in [6.07, 6.45) is 0. The number of aryl methyl sites for hydroxylation is 3. The Balaban J connectivity index is 1.70. The van der Waals surface area contributed by atoms with Gasteiger partial charge in [-0.1, -0.05) is 0 Å². The summed E-state index contributed by atoms with van der Waals surface area (Å²) in [7, 11) is 0. The van der Waals surface area contributed by atoms with Crippen LogP contribution in [0.4, 0.5) is 0 Å². The zero-order valence-electron chi connectivity index (χ0n) is 22.1. The summed E-state index contributed by atoms with van der Waals surface area (Å²) < 4.78 is 6.03. The van der Waals surface area contributed by atoms with E-state index >= 15 is 0 Å². The molecule has 0 unspecified atom stereocenters. The van der Waals surface area contributed by atoms with E-state index < -0.39 is 20.3 Å². The van der Waals surface area contributed by atoms with E-state index in [-0.39, 0.29) is 0 Å². The van der Waals surface area contributed by atoms with Gasteiger partial charge in [0.2, 0.25) is 0 Å². The van der Waals surface area contributed by atoms with E-state index in [1.54, 1.807) is 0 Å². The normalized spacial score (nSPS) is 12.1. The predicted molar refractivity (Wildman–Crippen MR) is 168 cm³/mol. The van der Waals surface area contributed by atoms with Gasteiger partial charge in [0.1, 0.15) is 0 Å². The second kappa shape index (κ2) is 9.04. The fourth-order valence-electron chi connectivity index (χ4n) is 6.18. The Morgan fingerprint density at radius 2 is 0.763 bits per heavy atom. The van der Waals surface area contributed by atoms with E-state index in [2.05, 4.69) is 148 Å². The van der Waals surface area contributed by atoms with Crippen LogP contribution in [0.2, 0.25) is 0 Å². The summed E-state index contributed by atoms with van der Waals surface area (Å²) in [6, 6.07) is 49.2. The summed E-state index contributed by atoms with van der Waals surface area (Å²) in [4.78, 5) is 0. The Hall–Kier alpha value is -3.54. The minimum atomic E-state index is -3.86. The van der Waals surface area contributed by atoms with Crippen LogP contribution < -0.4 is 13.1 Å². The fourth-order valence-corrected chi connectivity index (χ4v) is 23.1. The molecule has 38 heavy (non-hydrogen) atoms. The molecule has 183 valence electrons. The van der Waals surface area contributed by atoms with Gasteiger partial charge in [-0.15, -0.1) is 0 Å². The van der Waals surface area contributed by atoms with Crippen molar-refractivity contribution in [2.45, 2.75) is 20.8 Å². The average Bonchev–Trinajstić information content (AvgIpc) is 2.95. The molecule has 0 N–H and O–H groups in total. The molecule has 0 amide bonds. The summed E-state index contributed by atoms with van der Waals surface area (Å²) in [5.74, 6) is 0. The maximum absolute atomic E-state index is 3.86. The molecule has 0 spiro atoms. The molecule has 7 rings (SSSR count). The van der Waals surface area contributed by atoms with E-state index in [9.17, 15) is 0 Å². The SMILES string of the molecule is Cc1cc[c]([Bi]([c]2ccc(C)cc2)([c]2ccc(C)cc2)[c]2ccc3ccc4cccc5ccc2c3c45)cc1. The quantitative estimate of drug-likeness (QED) is 0.140. The van der Waals surface area contributed by atoms with Crippen LogP contribution in [-0.2, 0) is 0 Å². The van der Waals surface area contributed by atoms with Crippen molar-refractivity contribution in [2.24, 2.45) is 0 Å². The van der Waals surface area contributed by atoms with Crippen LogP contribution in [0, 0.1) is 20.8 Å². The summed E-state index contributed by atoms with van der Waals surface area (Å²) in [6.45, 7) is 6.57. The maximum atomic E-state index is 2.47. The molecule has 0 atom stereocenters. The van der Waals surface area contributed by atoms with Gasteiger partial charge in [-0.3, -0.25) is 0 Å². The Morgan fingerprint density at radius 1 is 0.368 bits per heavy atom. The minimum absolute atomic E-state index is 1.30. The van der Waals surface area contributed by atoms with Gasteiger partial charge in [0.05, 0.1) is 0 Å². The van der Waals surface area contributed by atoms with E-state index in [1.807, 2.05) is 0 Å². The van der Waals surface area contributed by atoms with Gasteiger partial charge in [0.25, 0.3) is 0 Å². The first-order valence-corrected chi connectivity index (χ1v) is 20.3. The van der Waals surface area contributed by atoms with Crippen LogP contribution >= 0.6 is 0 Å². The van der Waals surface area contributed by atoms with Crippen molar-refractivity contribution >= 4 is 65.7 Å². The van der Waals surface area contributed by atoms with Crippen molar-refractivity contribution in [1.29, 1.82) is 0 Å². The third-order valence-electron chi connectivity index (χ3n) is 8.13. The summed E-state index contributed by atoms with van der Waals surface area (Å²) in [5, 5.41) is 8.17. The van der Waals surface area contributed by atoms with Gasteiger partial charge in [-0.25, -0.2) is 0 Å². The third kappa shape index (κ3) is 3.53. The van der Waals surface area contributed by atoms with Crippen molar-refractivity contribution < 1.29 is 0 Å². The standard InChI is InChI=1S/C16H9.3C7H7.Bi/c1-3-11-7-9-13-5-2-6-14-10-8-12(4-1)15(11)16(13)14;3*1-7-5-3-2-4-6-7;/h1-5,7-10H;3*3-6H,1H3;. The van der Waals surface area contributed by atoms with Gasteiger partial charge in [0, 0.05) is 0 Å². The molecule has 1 radical (unpaired) electrons. The zero-order chi connectivity index (χ0) is 25.9. The van der Waals surface area contributed by atoms with Crippen molar-refractivity contribution in [3.8, 4) is 0 Å². The molecule has 0 bridgehead atoms. The molecular formula is C37H30Bi. The van der Waals surface area contributed by atoms with Crippen molar-refractivity contribution in [2.75, 3.05) is 0 Å². The number of hydrogen-bond donors (Lipinski definition) is 0. The Labute approximate surface area is 229 Å². The van der Waals surface area contributed by atoms with Gasteiger partial charge in [0.15, 0.2) is 0 Å². The molecule has 0 heterocycles. The van der Waals surface area contributed by atoms with Crippen LogP contribution in [0.3, 0.4) is 0 Å². The summed E-state index contributed by atoms with van der Waals surface area (Å²) in [5.41, 5.74) is 3.91. The van der Waals surface area contributed by atoms with Gasteiger partial charge in [-0.2, -0.15) is 0 Å². The molecule has 0 nitrogen and oxygen atoms in total. The molecule has 1 heteroatoms. The van der Waals surface area contributed by atoms with Crippen molar-refractivity contribution in [3.05, 3.63) is 144 Å². The number of rotatable bonds is 4. The van der Waals surface area contributed by atoms with Crippen molar-refractivity contribution in [3.63, 3.8) is 0 Å². The molecule has 0 aromatic heterocycles. The Kier molecular flexibility index (Phi) is 5.61. The van der Waals surface area contributed by atoms with Gasteiger partial charge >= 0.3 is 231 Å². The first-order chi connectivity index (χ1) is 18.6. The molecule has 0 aliphatic carbocycles. The van der Waals surface area contributed by atoms with Crippen LogP contribution in [0.15, 0.2) is 127 Å². The molecule has 0 aliphatic heterocycles. The molecule has 7 aromatic rings. The Morgan fingerprint density at radius 3 is 1.24 bits per heavy atom. The number of hydrogen-bond acceptors (Lipinski definition) is 0. The molecule has 0 aliphatic rings. The third-order valence-corrected chi connectivity index (χ3v) is 25.0. The molecule has 0 saturated heterocycles. The van der Waals surface area contributed by atoms with E-state index in [0.29, 0.717) is 0 Å². The zero-order valence-corrected chi connectivity index (χ0v) is 25.5. The monoisotopic (exact) mass is 683 g/mol. The van der Waals surface area contributed by atoms with Crippen LogP contribution in [0.25, 0.3) is 32.3 Å². The molecule has 0 fully saturated rings. The molecule has 0 saturated carbocycles. The van der Waals surface area contributed by atoms with Crippen molar-refractivity contribution in [1.82, 2.24) is 0 Å². The number of benzene rings is 7. The Bertz CT molecular complexity index is 1780. The molecule has 7 aromatic carbocycles. The predicted octanol–water partition coefficient (Wildman–Crippen LogP) is 6.89.